The Morgan fingerprint density at radius 2 is 1.56 bits per heavy atom. The molecule has 5 heteroatoms. The predicted molar refractivity (Wildman–Crippen MR) is 102 cm³/mol. The average molecular weight is 402 g/mol. The number of hydrogen-bond donors (Lipinski definition) is 1. The van der Waals surface area contributed by atoms with Gasteiger partial charge in [0.25, 0.3) is 0 Å². The number of anilines is 1. The van der Waals surface area contributed by atoms with Crippen molar-refractivity contribution >= 4 is 39.1 Å². The monoisotopic (exact) mass is 401 g/mol. The summed E-state index contributed by atoms with van der Waals surface area (Å²) in [5, 5.41) is 2.79. The number of rotatable bonds is 8. The summed E-state index contributed by atoms with van der Waals surface area (Å²) in [7, 11) is 0. The van der Waals surface area contributed by atoms with Crippen LogP contribution >= 0.6 is 15.9 Å². The summed E-state index contributed by atoms with van der Waals surface area (Å²) in [6.07, 6.45) is 0.793. The van der Waals surface area contributed by atoms with Gasteiger partial charge in [-0.1, -0.05) is 45.8 Å². The highest BCUT2D eigenvalue weighted by atomic mass is 79.9. The topological polar surface area (TPSA) is 63.2 Å². The molecule has 2 aromatic carbocycles. The molecule has 0 fully saturated rings. The van der Waals surface area contributed by atoms with Crippen molar-refractivity contribution in [1.29, 1.82) is 0 Å². The molecule has 0 spiro atoms. The molecule has 2 aromatic rings. The Bertz CT molecular complexity index is 752. The Hall–Kier alpha value is -2.27. The third kappa shape index (κ3) is 6.63. The molecule has 0 aromatic heterocycles. The lowest BCUT2D eigenvalue weighted by Gasteiger charge is -2.05. The zero-order valence-corrected chi connectivity index (χ0v) is 15.6. The molecule has 130 valence electrons. The smallest absolute Gasteiger partial charge is 0.224 e. The maximum Gasteiger partial charge on any atom is 0.224 e. The molecule has 0 heterocycles. The number of nitrogens with one attached hydrogen (secondary N) is 1. The molecular weight excluding hydrogens is 382 g/mol. The number of benzene rings is 2. The molecule has 25 heavy (non-hydrogen) atoms. The number of aryl methyl sites for hydroxylation is 1. The van der Waals surface area contributed by atoms with Gasteiger partial charge < -0.3 is 5.32 Å². The summed E-state index contributed by atoms with van der Waals surface area (Å²) >= 11 is 3.30. The van der Waals surface area contributed by atoms with E-state index in [1.165, 1.54) is 0 Å². The first-order valence-electron chi connectivity index (χ1n) is 8.11. The van der Waals surface area contributed by atoms with E-state index in [4.69, 9.17) is 0 Å². The zero-order valence-electron chi connectivity index (χ0n) is 14.0. The lowest BCUT2D eigenvalue weighted by atomic mass is 10.0. The van der Waals surface area contributed by atoms with Gasteiger partial charge in [-0.15, -0.1) is 0 Å². The van der Waals surface area contributed by atoms with Gasteiger partial charge in [0.2, 0.25) is 5.91 Å². The van der Waals surface area contributed by atoms with Crippen molar-refractivity contribution in [2.75, 3.05) is 5.32 Å². The van der Waals surface area contributed by atoms with E-state index in [2.05, 4.69) is 21.2 Å². The highest BCUT2D eigenvalue weighted by Crippen LogP contribution is 2.13. The van der Waals surface area contributed by atoms with Crippen LogP contribution in [0.15, 0.2) is 53.0 Å². The normalized spacial score (nSPS) is 10.3. The first-order chi connectivity index (χ1) is 11.9. The minimum atomic E-state index is -0.193. The minimum absolute atomic E-state index is 0.124. The largest absolute Gasteiger partial charge is 0.326 e. The van der Waals surface area contributed by atoms with Crippen LogP contribution in [0.5, 0.6) is 0 Å². The summed E-state index contributed by atoms with van der Waals surface area (Å²) in [6.45, 7) is 1.98. The highest BCUT2D eigenvalue weighted by molar-refractivity contribution is 9.10. The van der Waals surface area contributed by atoms with Crippen molar-refractivity contribution in [1.82, 2.24) is 0 Å². The van der Waals surface area contributed by atoms with E-state index in [1.54, 1.807) is 24.3 Å². The van der Waals surface area contributed by atoms with Crippen LogP contribution in [-0.4, -0.2) is 17.5 Å². The summed E-state index contributed by atoms with van der Waals surface area (Å²) in [5.41, 5.74) is 2.39. The molecular formula is C20H20BrNO3. The molecule has 0 bridgehead atoms. The van der Waals surface area contributed by atoms with Gasteiger partial charge in [0, 0.05) is 28.6 Å². The fourth-order valence-electron chi connectivity index (χ4n) is 2.31. The van der Waals surface area contributed by atoms with Crippen molar-refractivity contribution < 1.29 is 14.4 Å². The second kappa shape index (κ2) is 9.28. The van der Waals surface area contributed by atoms with Crippen molar-refractivity contribution in [3.05, 3.63) is 64.1 Å². The molecule has 0 unspecified atom stereocenters. The van der Waals surface area contributed by atoms with Crippen LogP contribution in [0.1, 0.15) is 41.6 Å². The number of Topliss-reactive ketones (excluding diaryl/α,β-unsaturated/α-hetero) is 2. The maximum atomic E-state index is 12.0. The Morgan fingerprint density at radius 1 is 0.920 bits per heavy atom. The van der Waals surface area contributed by atoms with Crippen LogP contribution in [0.25, 0.3) is 0 Å². The van der Waals surface area contributed by atoms with Gasteiger partial charge in [-0.3, -0.25) is 14.4 Å². The second-order valence-electron chi connectivity index (χ2n) is 5.91. The number of ketones is 2. The number of hydrogen-bond acceptors (Lipinski definition) is 3. The van der Waals surface area contributed by atoms with E-state index in [9.17, 15) is 14.4 Å². The van der Waals surface area contributed by atoms with Crippen LogP contribution < -0.4 is 5.32 Å². The second-order valence-corrected chi connectivity index (χ2v) is 6.83. The molecule has 1 amide bonds. The summed E-state index contributed by atoms with van der Waals surface area (Å²) in [6, 6.07) is 14.5. The Labute approximate surface area is 155 Å². The lowest BCUT2D eigenvalue weighted by Crippen LogP contribution is -2.13. The maximum absolute atomic E-state index is 12.0. The molecule has 0 atom stereocenters. The fraction of sp³-hybridized carbons (Fsp3) is 0.250. The fourth-order valence-corrected chi connectivity index (χ4v) is 2.58. The highest BCUT2D eigenvalue weighted by Gasteiger charge is 2.12. The van der Waals surface area contributed by atoms with Gasteiger partial charge in [0.15, 0.2) is 5.78 Å². The van der Waals surface area contributed by atoms with Gasteiger partial charge in [0.1, 0.15) is 5.78 Å². The third-order valence-corrected chi connectivity index (χ3v) is 4.25. The predicted octanol–water partition coefficient (Wildman–Crippen LogP) is 4.71. The van der Waals surface area contributed by atoms with Gasteiger partial charge in [-0.25, -0.2) is 0 Å². The van der Waals surface area contributed by atoms with Crippen LogP contribution in [0.2, 0.25) is 0 Å². The molecule has 0 saturated carbocycles. The molecule has 0 saturated heterocycles. The summed E-state index contributed by atoms with van der Waals surface area (Å²) in [4.78, 5) is 35.8. The Morgan fingerprint density at radius 3 is 2.20 bits per heavy atom. The number of halogens is 1. The zero-order chi connectivity index (χ0) is 18.2. The van der Waals surface area contributed by atoms with E-state index < -0.39 is 0 Å². The van der Waals surface area contributed by atoms with E-state index in [0.29, 0.717) is 12.0 Å². The molecule has 0 aliphatic rings. The Balaban J connectivity index is 1.70. The Kier molecular flexibility index (Phi) is 7.07. The lowest BCUT2D eigenvalue weighted by molar-refractivity contribution is -0.118. The van der Waals surface area contributed by atoms with Crippen LogP contribution in [0.3, 0.4) is 0 Å². The average Bonchev–Trinajstić information content (AvgIpc) is 2.57. The van der Waals surface area contributed by atoms with E-state index in [0.717, 1.165) is 15.7 Å². The number of carbonyl (C=O) groups excluding carboxylic acids is 3. The van der Waals surface area contributed by atoms with Gasteiger partial charge in [-0.05, 0) is 37.6 Å². The van der Waals surface area contributed by atoms with Gasteiger partial charge in [-0.2, -0.15) is 0 Å². The van der Waals surface area contributed by atoms with Crippen molar-refractivity contribution in [3.8, 4) is 0 Å². The number of carbonyl (C=O) groups is 3. The minimum Gasteiger partial charge on any atom is -0.326 e. The van der Waals surface area contributed by atoms with Crippen molar-refractivity contribution in [2.45, 2.75) is 32.6 Å². The van der Waals surface area contributed by atoms with Gasteiger partial charge >= 0.3 is 0 Å². The van der Waals surface area contributed by atoms with Crippen LogP contribution in [-0.2, 0) is 9.59 Å². The quantitative estimate of drug-likeness (QED) is 0.514. The third-order valence-electron chi connectivity index (χ3n) is 3.72. The molecule has 1 N–H and O–H groups in total. The first kappa shape index (κ1) is 19.1. The summed E-state index contributed by atoms with van der Waals surface area (Å²) < 4.78 is 0.884. The molecule has 2 rings (SSSR count). The van der Waals surface area contributed by atoms with E-state index >= 15 is 0 Å². The van der Waals surface area contributed by atoms with Crippen LogP contribution in [0, 0.1) is 6.92 Å². The van der Waals surface area contributed by atoms with Gasteiger partial charge in [0.05, 0.1) is 6.42 Å². The number of amides is 1. The molecule has 0 radical (unpaired) electrons. The molecule has 4 nitrogen and oxygen atoms in total. The first-order valence-corrected chi connectivity index (χ1v) is 8.90. The van der Waals surface area contributed by atoms with Crippen molar-refractivity contribution in [3.63, 3.8) is 0 Å². The molecule has 0 aliphatic carbocycles. The SMILES string of the molecule is Cc1ccc(NC(=O)CCCC(=O)CC(=O)c2ccc(Br)cc2)cc1. The van der Waals surface area contributed by atoms with Crippen LogP contribution in [0.4, 0.5) is 5.69 Å². The van der Waals surface area contributed by atoms with E-state index in [-0.39, 0.29) is 36.7 Å². The van der Waals surface area contributed by atoms with Crippen molar-refractivity contribution in [2.24, 2.45) is 0 Å². The summed E-state index contributed by atoms with van der Waals surface area (Å²) in [5.74, 6) is -0.464. The molecule has 0 aliphatic heterocycles. The van der Waals surface area contributed by atoms with E-state index in [1.807, 2.05) is 31.2 Å². The standard InChI is InChI=1S/C20H20BrNO3/c1-14-5-11-17(12-6-14)22-20(25)4-2-3-18(23)13-19(24)15-7-9-16(21)10-8-15/h5-12H,2-4,13H2,1H3,(H,22,25).